The molecule has 2 rings (SSSR count). The molecule has 0 saturated heterocycles. The minimum absolute atomic E-state index is 0.435. The van der Waals surface area contributed by atoms with Gasteiger partial charge < -0.3 is 14.6 Å². The van der Waals surface area contributed by atoms with Crippen molar-refractivity contribution in [3.8, 4) is 5.75 Å². The van der Waals surface area contributed by atoms with E-state index >= 15 is 0 Å². The number of methoxy groups -OCH3 is 2. The lowest BCUT2D eigenvalue weighted by molar-refractivity contribution is 0.161. The maximum Gasteiger partial charge on any atom is 0.122 e. The molecule has 1 atom stereocenters. The Balaban J connectivity index is 2.26. The molecular formula is C17H19ClO3. The quantitative estimate of drug-likeness (QED) is 0.883. The summed E-state index contributed by atoms with van der Waals surface area (Å²) in [6.45, 7) is 0.472. The van der Waals surface area contributed by atoms with Crippen molar-refractivity contribution in [2.24, 2.45) is 0 Å². The first-order valence-electron chi connectivity index (χ1n) is 6.73. The summed E-state index contributed by atoms with van der Waals surface area (Å²) in [5, 5.41) is 11.2. The molecule has 0 aliphatic rings. The van der Waals surface area contributed by atoms with Gasteiger partial charge in [0, 0.05) is 18.6 Å². The molecule has 0 bridgehead atoms. The third kappa shape index (κ3) is 3.97. The summed E-state index contributed by atoms with van der Waals surface area (Å²) in [5.41, 5.74) is 2.72. The summed E-state index contributed by atoms with van der Waals surface area (Å²) in [7, 11) is 3.25. The lowest BCUT2D eigenvalue weighted by atomic mass is 9.97. The average molecular weight is 307 g/mol. The zero-order chi connectivity index (χ0) is 15.2. The summed E-state index contributed by atoms with van der Waals surface area (Å²) in [4.78, 5) is 0. The van der Waals surface area contributed by atoms with E-state index in [0.29, 0.717) is 18.1 Å². The number of aliphatic hydroxyl groups is 1. The van der Waals surface area contributed by atoms with Crippen LogP contribution in [0, 0.1) is 0 Å². The SMILES string of the molecule is COCc1ccccc1C(O)Cc1cc(Cl)ccc1OC. The number of ether oxygens (including phenoxy) is 2. The van der Waals surface area contributed by atoms with Gasteiger partial charge in [-0.3, -0.25) is 0 Å². The summed E-state index contributed by atoms with van der Waals surface area (Å²) < 4.78 is 10.5. The van der Waals surface area contributed by atoms with E-state index in [2.05, 4.69) is 0 Å². The summed E-state index contributed by atoms with van der Waals surface area (Å²) in [5.74, 6) is 0.725. The van der Waals surface area contributed by atoms with Gasteiger partial charge in [-0.15, -0.1) is 0 Å². The fourth-order valence-electron chi connectivity index (χ4n) is 2.37. The molecule has 0 fully saturated rings. The van der Waals surface area contributed by atoms with E-state index in [0.717, 1.165) is 22.4 Å². The van der Waals surface area contributed by atoms with Crippen molar-refractivity contribution < 1.29 is 14.6 Å². The van der Waals surface area contributed by atoms with E-state index < -0.39 is 6.10 Å². The Labute approximate surface area is 130 Å². The van der Waals surface area contributed by atoms with Gasteiger partial charge in [0.1, 0.15) is 5.75 Å². The lowest BCUT2D eigenvalue weighted by Crippen LogP contribution is -2.07. The van der Waals surface area contributed by atoms with Gasteiger partial charge >= 0.3 is 0 Å². The van der Waals surface area contributed by atoms with Crippen LogP contribution in [0.5, 0.6) is 5.75 Å². The molecule has 1 unspecified atom stereocenters. The first kappa shape index (κ1) is 15.8. The highest BCUT2D eigenvalue weighted by Crippen LogP contribution is 2.29. The molecule has 0 radical (unpaired) electrons. The summed E-state index contributed by atoms with van der Waals surface area (Å²) >= 11 is 6.03. The molecule has 2 aromatic carbocycles. The van der Waals surface area contributed by atoms with Crippen LogP contribution in [0.25, 0.3) is 0 Å². The molecule has 0 amide bonds. The van der Waals surface area contributed by atoms with E-state index in [1.807, 2.05) is 36.4 Å². The minimum atomic E-state index is -0.635. The molecular weight excluding hydrogens is 288 g/mol. The summed E-state index contributed by atoms with van der Waals surface area (Å²) in [6, 6.07) is 13.1. The van der Waals surface area contributed by atoms with Crippen molar-refractivity contribution in [3.05, 3.63) is 64.2 Å². The van der Waals surface area contributed by atoms with E-state index in [1.165, 1.54) is 0 Å². The van der Waals surface area contributed by atoms with E-state index in [-0.39, 0.29) is 0 Å². The van der Waals surface area contributed by atoms with Crippen LogP contribution >= 0.6 is 11.6 Å². The maximum atomic E-state index is 10.5. The first-order valence-corrected chi connectivity index (χ1v) is 7.10. The predicted octanol–water partition coefficient (Wildman–Crippen LogP) is 3.77. The third-order valence-electron chi connectivity index (χ3n) is 3.37. The van der Waals surface area contributed by atoms with Crippen molar-refractivity contribution in [2.45, 2.75) is 19.1 Å². The van der Waals surface area contributed by atoms with Crippen LogP contribution in [0.2, 0.25) is 5.02 Å². The normalized spacial score (nSPS) is 12.2. The average Bonchev–Trinajstić information content (AvgIpc) is 2.48. The number of hydrogen-bond donors (Lipinski definition) is 1. The van der Waals surface area contributed by atoms with Crippen LogP contribution in [-0.2, 0) is 17.8 Å². The zero-order valence-corrected chi connectivity index (χ0v) is 12.9. The Morgan fingerprint density at radius 2 is 1.86 bits per heavy atom. The number of rotatable bonds is 6. The first-order chi connectivity index (χ1) is 10.2. The fourth-order valence-corrected chi connectivity index (χ4v) is 2.57. The molecule has 0 aromatic heterocycles. The van der Waals surface area contributed by atoms with E-state index in [9.17, 15) is 5.11 Å². The van der Waals surface area contributed by atoms with Crippen LogP contribution in [0.15, 0.2) is 42.5 Å². The number of aliphatic hydroxyl groups excluding tert-OH is 1. The Kier molecular flexibility index (Phi) is 5.62. The van der Waals surface area contributed by atoms with Gasteiger partial charge in [0.2, 0.25) is 0 Å². The monoisotopic (exact) mass is 306 g/mol. The van der Waals surface area contributed by atoms with Gasteiger partial charge in [0.15, 0.2) is 0 Å². The zero-order valence-electron chi connectivity index (χ0n) is 12.2. The molecule has 0 aliphatic heterocycles. The lowest BCUT2D eigenvalue weighted by Gasteiger charge is -2.17. The van der Waals surface area contributed by atoms with Crippen LogP contribution in [0.3, 0.4) is 0 Å². The van der Waals surface area contributed by atoms with Crippen molar-refractivity contribution in [2.75, 3.05) is 14.2 Å². The smallest absolute Gasteiger partial charge is 0.122 e. The molecule has 112 valence electrons. The summed E-state index contributed by atoms with van der Waals surface area (Å²) in [6.07, 6.45) is -0.200. The van der Waals surface area contributed by atoms with Gasteiger partial charge in [-0.1, -0.05) is 35.9 Å². The van der Waals surface area contributed by atoms with Crippen molar-refractivity contribution in [3.63, 3.8) is 0 Å². The van der Waals surface area contributed by atoms with Crippen LogP contribution in [0.1, 0.15) is 22.8 Å². The second-order valence-corrected chi connectivity index (χ2v) is 5.24. The highest BCUT2D eigenvalue weighted by molar-refractivity contribution is 6.30. The number of hydrogen-bond acceptors (Lipinski definition) is 3. The molecule has 4 heteroatoms. The Morgan fingerprint density at radius 3 is 2.57 bits per heavy atom. The molecule has 0 spiro atoms. The second-order valence-electron chi connectivity index (χ2n) is 4.81. The highest BCUT2D eigenvalue weighted by atomic mass is 35.5. The Morgan fingerprint density at radius 1 is 1.10 bits per heavy atom. The molecule has 1 N–H and O–H groups in total. The van der Waals surface area contributed by atoms with E-state index in [1.54, 1.807) is 20.3 Å². The van der Waals surface area contributed by atoms with Crippen LogP contribution in [-0.4, -0.2) is 19.3 Å². The van der Waals surface area contributed by atoms with Crippen molar-refractivity contribution in [1.29, 1.82) is 0 Å². The third-order valence-corrected chi connectivity index (χ3v) is 3.60. The van der Waals surface area contributed by atoms with Crippen LogP contribution < -0.4 is 4.74 Å². The van der Waals surface area contributed by atoms with Gasteiger partial charge in [0.25, 0.3) is 0 Å². The molecule has 2 aromatic rings. The van der Waals surface area contributed by atoms with Gasteiger partial charge in [-0.2, -0.15) is 0 Å². The van der Waals surface area contributed by atoms with Crippen molar-refractivity contribution >= 4 is 11.6 Å². The topological polar surface area (TPSA) is 38.7 Å². The van der Waals surface area contributed by atoms with Crippen LogP contribution in [0.4, 0.5) is 0 Å². The molecule has 0 saturated carbocycles. The van der Waals surface area contributed by atoms with Gasteiger partial charge in [-0.05, 0) is 34.9 Å². The second kappa shape index (κ2) is 7.46. The van der Waals surface area contributed by atoms with Crippen molar-refractivity contribution in [1.82, 2.24) is 0 Å². The Bertz CT molecular complexity index is 598. The maximum absolute atomic E-state index is 10.5. The highest BCUT2D eigenvalue weighted by Gasteiger charge is 2.15. The van der Waals surface area contributed by atoms with E-state index in [4.69, 9.17) is 21.1 Å². The molecule has 0 aliphatic carbocycles. The molecule has 3 nitrogen and oxygen atoms in total. The Hall–Kier alpha value is -1.55. The minimum Gasteiger partial charge on any atom is -0.496 e. The fraction of sp³-hybridized carbons (Fsp3) is 0.294. The molecule has 21 heavy (non-hydrogen) atoms. The van der Waals surface area contributed by atoms with Gasteiger partial charge in [0.05, 0.1) is 19.8 Å². The molecule has 0 heterocycles. The number of halogens is 1. The number of benzene rings is 2. The largest absolute Gasteiger partial charge is 0.496 e. The standard InChI is InChI=1S/C17H19ClO3/c1-20-11-12-5-3-4-6-15(12)16(19)10-13-9-14(18)7-8-17(13)21-2/h3-9,16,19H,10-11H2,1-2H3. The van der Waals surface area contributed by atoms with Gasteiger partial charge in [-0.25, -0.2) is 0 Å². The predicted molar refractivity (Wildman–Crippen MR) is 83.8 cm³/mol.